The summed E-state index contributed by atoms with van der Waals surface area (Å²) in [4.78, 5) is 40.0. The Bertz CT molecular complexity index is 768. The number of hydrogen-bond donors (Lipinski definition) is 1. The minimum Gasteiger partial charge on any atom is -0.349 e. The van der Waals surface area contributed by atoms with Crippen LogP contribution in [0, 0.1) is 0 Å². The van der Waals surface area contributed by atoms with Gasteiger partial charge in [0, 0.05) is 37.8 Å². The molecule has 0 bridgehead atoms. The number of carbonyl (C=O) groups is 3. The lowest BCUT2D eigenvalue weighted by Gasteiger charge is -2.13. The molecule has 0 saturated carbocycles. The Balaban J connectivity index is 1.61. The van der Waals surface area contributed by atoms with E-state index in [1.165, 1.54) is 0 Å². The molecule has 1 aliphatic heterocycles. The Morgan fingerprint density at radius 2 is 1.88 bits per heavy atom. The lowest BCUT2D eigenvalue weighted by atomic mass is 10.2. The van der Waals surface area contributed by atoms with Crippen LogP contribution in [0.5, 0.6) is 0 Å². The number of nitrogens with one attached hydrogen (secondary N) is 1. The first-order valence-corrected chi connectivity index (χ1v) is 7.58. The van der Waals surface area contributed by atoms with E-state index < -0.39 is 0 Å². The van der Waals surface area contributed by atoms with E-state index in [2.05, 4.69) is 15.4 Å². The van der Waals surface area contributed by atoms with E-state index in [1.807, 2.05) is 18.2 Å². The molecule has 1 aliphatic rings. The summed E-state index contributed by atoms with van der Waals surface area (Å²) in [6, 6.07) is 5.59. The number of aromatic nitrogens is 3. The van der Waals surface area contributed by atoms with Gasteiger partial charge in [-0.2, -0.15) is 5.10 Å². The van der Waals surface area contributed by atoms with Crippen LogP contribution in [0.25, 0.3) is 11.3 Å². The summed E-state index contributed by atoms with van der Waals surface area (Å²) in [5.74, 6) is -0.962. The maximum absolute atomic E-state index is 12.0. The van der Waals surface area contributed by atoms with Crippen LogP contribution in [0.15, 0.2) is 30.6 Å². The predicted molar refractivity (Wildman–Crippen MR) is 84.2 cm³/mol. The SMILES string of the molecule is Cn1nc(-c2ccncc2)cc1CNC(=O)CN1C(=O)CCC1=O. The van der Waals surface area contributed by atoms with E-state index in [-0.39, 0.29) is 43.7 Å². The smallest absolute Gasteiger partial charge is 0.240 e. The molecule has 1 N–H and O–H groups in total. The Morgan fingerprint density at radius 1 is 1.21 bits per heavy atom. The number of amides is 3. The topological polar surface area (TPSA) is 97.2 Å². The fourth-order valence-electron chi connectivity index (χ4n) is 2.52. The van der Waals surface area contributed by atoms with Crippen molar-refractivity contribution < 1.29 is 14.4 Å². The molecule has 8 heteroatoms. The second-order valence-electron chi connectivity index (χ2n) is 5.53. The zero-order chi connectivity index (χ0) is 17.1. The number of rotatable bonds is 5. The number of aryl methyl sites for hydroxylation is 1. The van der Waals surface area contributed by atoms with Crippen molar-refractivity contribution in [2.45, 2.75) is 19.4 Å². The highest BCUT2D eigenvalue weighted by atomic mass is 16.2. The summed E-state index contributed by atoms with van der Waals surface area (Å²) in [7, 11) is 1.79. The molecule has 0 radical (unpaired) electrons. The quantitative estimate of drug-likeness (QED) is 0.794. The van der Waals surface area contributed by atoms with Crippen molar-refractivity contribution in [2.75, 3.05) is 6.54 Å². The Hall–Kier alpha value is -3.03. The van der Waals surface area contributed by atoms with Crippen molar-refractivity contribution >= 4 is 17.7 Å². The van der Waals surface area contributed by atoms with Gasteiger partial charge in [-0.05, 0) is 18.2 Å². The fraction of sp³-hybridized carbons (Fsp3) is 0.312. The highest BCUT2D eigenvalue weighted by molar-refractivity contribution is 6.04. The number of likely N-dealkylation sites (tertiary alicyclic amines) is 1. The Kier molecular flexibility index (Phi) is 4.37. The van der Waals surface area contributed by atoms with Gasteiger partial charge in [-0.25, -0.2) is 0 Å². The first-order chi connectivity index (χ1) is 11.5. The molecule has 1 fully saturated rings. The number of nitrogens with zero attached hydrogens (tertiary/aromatic N) is 4. The minimum atomic E-state index is -0.370. The average Bonchev–Trinajstić information content (AvgIpc) is 3.11. The number of pyridine rings is 1. The minimum absolute atomic E-state index is 0.184. The monoisotopic (exact) mass is 327 g/mol. The summed E-state index contributed by atoms with van der Waals surface area (Å²) < 4.78 is 1.68. The number of imide groups is 1. The molecule has 2 aromatic rings. The molecule has 0 spiro atoms. The molecule has 2 aromatic heterocycles. The summed E-state index contributed by atoms with van der Waals surface area (Å²) in [5.41, 5.74) is 2.54. The van der Waals surface area contributed by atoms with Crippen LogP contribution in [-0.2, 0) is 28.0 Å². The molecule has 0 aromatic carbocycles. The highest BCUT2D eigenvalue weighted by Crippen LogP contribution is 2.17. The molecule has 24 heavy (non-hydrogen) atoms. The third-order valence-electron chi connectivity index (χ3n) is 3.88. The maximum Gasteiger partial charge on any atom is 0.240 e. The van der Waals surface area contributed by atoms with E-state index >= 15 is 0 Å². The van der Waals surface area contributed by atoms with E-state index in [4.69, 9.17) is 0 Å². The highest BCUT2D eigenvalue weighted by Gasteiger charge is 2.30. The Morgan fingerprint density at radius 3 is 2.54 bits per heavy atom. The standard InChI is InChI=1S/C16H17N5O3/c1-20-12(8-13(19-20)11-4-6-17-7-5-11)9-18-14(22)10-21-15(23)2-3-16(21)24/h4-8H,2-3,9-10H2,1H3,(H,18,22). The average molecular weight is 327 g/mol. The van der Waals surface area contributed by atoms with Crippen molar-refractivity contribution in [1.82, 2.24) is 25.0 Å². The van der Waals surface area contributed by atoms with Crippen molar-refractivity contribution in [3.63, 3.8) is 0 Å². The maximum atomic E-state index is 12.0. The molecule has 8 nitrogen and oxygen atoms in total. The van der Waals surface area contributed by atoms with Gasteiger partial charge >= 0.3 is 0 Å². The van der Waals surface area contributed by atoms with Crippen LogP contribution in [0.4, 0.5) is 0 Å². The van der Waals surface area contributed by atoms with Crippen LogP contribution in [-0.4, -0.2) is 43.9 Å². The van der Waals surface area contributed by atoms with E-state index in [9.17, 15) is 14.4 Å². The lowest BCUT2D eigenvalue weighted by molar-refractivity contribution is -0.142. The molecular formula is C16H17N5O3. The second kappa shape index (κ2) is 6.61. The number of carbonyl (C=O) groups excluding carboxylic acids is 3. The molecule has 3 heterocycles. The van der Waals surface area contributed by atoms with E-state index in [1.54, 1.807) is 24.1 Å². The molecule has 0 aliphatic carbocycles. The number of hydrogen-bond acceptors (Lipinski definition) is 5. The lowest BCUT2D eigenvalue weighted by Crippen LogP contribution is -2.39. The van der Waals surface area contributed by atoms with Crippen LogP contribution >= 0.6 is 0 Å². The molecule has 124 valence electrons. The Labute approximate surface area is 138 Å². The van der Waals surface area contributed by atoms with Crippen LogP contribution in [0.1, 0.15) is 18.5 Å². The van der Waals surface area contributed by atoms with Crippen LogP contribution < -0.4 is 5.32 Å². The summed E-state index contributed by atoms with van der Waals surface area (Å²) in [5, 5.41) is 7.12. The van der Waals surface area contributed by atoms with Crippen LogP contribution in [0.2, 0.25) is 0 Å². The zero-order valence-electron chi connectivity index (χ0n) is 13.2. The van der Waals surface area contributed by atoms with Gasteiger partial charge < -0.3 is 5.32 Å². The largest absolute Gasteiger partial charge is 0.349 e. The van der Waals surface area contributed by atoms with Gasteiger partial charge in [-0.15, -0.1) is 0 Å². The molecular weight excluding hydrogens is 310 g/mol. The normalized spacial score (nSPS) is 14.3. The van der Waals surface area contributed by atoms with Crippen molar-refractivity contribution in [3.8, 4) is 11.3 Å². The van der Waals surface area contributed by atoms with Gasteiger partial charge in [0.15, 0.2) is 0 Å². The molecule has 0 atom stereocenters. The van der Waals surface area contributed by atoms with Crippen LogP contribution in [0.3, 0.4) is 0 Å². The second-order valence-corrected chi connectivity index (χ2v) is 5.53. The van der Waals surface area contributed by atoms with E-state index in [0.29, 0.717) is 0 Å². The van der Waals surface area contributed by atoms with Gasteiger partial charge in [0.1, 0.15) is 6.54 Å². The first-order valence-electron chi connectivity index (χ1n) is 7.58. The van der Waals surface area contributed by atoms with Gasteiger partial charge in [0.2, 0.25) is 17.7 Å². The van der Waals surface area contributed by atoms with Gasteiger partial charge in [-0.3, -0.25) is 28.9 Å². The summed E-state index contributed by atoms with van der Waals surface area (Å²) in [6.07, 6.45) is 3.75. The molecule has 3 amide bonds. The van der Waals surface area contributed by atoms with Gasteiger partial charge in [0.05, 0.1) is 17.9 Å². The predicted octanol–water partition coefficient (Wildman–Crippen LogP) is 0.247. The third-order valence-corrected chi connectivity index (χ3v) is 3.88. The molecule has 3 rings (SSSR count). The zero-order valence-corrected chi connectivity index (χ0v) is 13.2. The molecule has 0 unspecified atom stereocenters. The van der Waals surface area contributed by atoms with Gasteiger partial charge in [-0.1, -0.05) is 0 Å². The molecule has 1 saturated heterocycles. The fourth-order valence-corrected chi connectivity index (χ4v) is 2.52. The van der Waals surface area contributed by atoms with Crippen molar-refractivity contribution in [2.24, 2.45) is 7.05 Å². The van der Waals surface area contributed by atoms with Gasteiger partial charge in [0.25, 0.3) is 0 Å². The first kappa shape index (κ1) is 15.9. The van der Waals surface area contributed by atoms with E-state index in [0.717, 1.165) is 21.9 Å². The van der Waals surface area contributed by atoms with Crippen molar-refractivity contribution in [1.29, 1.82) is 0 Å². The third kappa shape index (κ3) is 3.32. The summed E-state index contributed by atoms with van der Waals surface area (Å²) in [6.45, 7) is 0.0381. The van der Waals surface area contributed by atoms with Crippen molar-refractivity contribution in [3.05, 3.63) is 36.3 Å². The summed E-state index contributed by atoms with van der Waals surface area (Å²) >= 11 is 0.